The number of ether oxygens (including phenoxy) is 1. The van der Waals surface area contributed by atoms with E-state index >= 15 is 0 Å². The van der Waals surface area contributed by atoms with E-state index in [1.54, 1.807) is 12.0 Å². The van der Waals surface area contributed by atoms with Gasteiger partial charge in [0.05, 0.1) is 22.7 Å². The van der Waals surface area contributed by atoms with Crippen molar-refractivity contribution in [1.82, 2.24) is 14.9 Å². The Morgan fingerprint density at radius 2 is 2.09 bits per heavy atom. The molecule has 0 spiro atoms. The van der Waals surface area contributed by atoms with E-state index in [0.29, 0.717) is 28.8 Å². The van der Waals surface area contributed by atoms with Crippen molar-refractivity contribution < 1.29 is 9.53 Å². The van der Waals surface area contributed by atoms with Crippen molar-refractivity contribution in [2.75, 3.05) is 13.7 Å². The molecule has 0 bridgehead atoms. The van der Waals surface area contributed by atoms with Gasteiger partial charge in [-0.05, 0) is 54.2 Å². The van der Waals surface area contributed by atoms with Gasteiger partial charge < -0.3 is 9.64 Å². The van der Waals surface area contributed by atoms with Crippen molar-refractivity contribution in [2.45, 2.75) is 26.2 Å². The molecule has 0 unspecified atom stereocenters. The first-order chi connectivity index (χ1) is 15.9. The van der Waals surface area contributed by atoms with Gasteiger partial charge in [0, 0.05) is 35.8 Å². The number of hydrogen-bond donors (Lipinski definition) is 0. The van der Waals surface area contributed by atoms with E-state index in [4.69, 9.17) is 32.9 Å². The number of carbonyl (C=O) groups excluding carboxylic acids is 1. The van der Waals surface area contributed by atoms with E-state index < -0.39 is 0 Å². The molecule has 0 N–H and O–H groups in total. The summed E-state index contributed by atoms with van der Waals surface area (Å²) in [6, 6.07) is 7.79. The summed E-state index contributed by atoms with van der Waals surface area (Å²) in [4.78, 5) is 23.0. The average Bonchev–Trinajstić information content (AvgIpc) is 3.18. The molecule has 33 heavy (non-hydrogen) atoms. The van der Waals surface area contributed by atoms with Crippen molar-refractivity contribution in [3.8, 4) is 16.9 Å². The van der Waals surface area contributed by atoms with Gasteiger partial charge in [0.2, 0.25) is 5.91 Å². The number of amides is 1. The molecule has 170 valence electrons. The van der Waals surface area contributed by atoms with Crippen LogP contribution in [0.1, 0.15) is 24.7 Å². The second-order valence-corrected chi connectivity index (χ2v) is 8.90. The van der Waals surface area contributed by atoms with Crippen molar-refractivity contribution >= 4 is 40.0 Å². The Labute approximate surface area is 203 Å². The van der Waals surface area contributed by atoms with Gasteiger partial charge in [0.15, 0.2) is 0 Å². The smallest absolute Gasteiger partial charge is 0.250 e. The second kappa shape index (κ2) is 9.54. The molecule has 1 aliphatic heterocycles. The summed E-state index contributed by atoms with van der Waals surface area (Å²) in [5.41, 5.74) is 4.26. The van der Waals surface area contributed by atoms with E-state index in [9.17, 15) is 4.79 Å². The number of aryl methyl sites for hydroxylation is 1. The Hall–Kier alpha value is -2.89. The molecule has 0 radical (unpaired) electrons. The number of benzene rings is 2. The molecule has 1 aliphatic rings. The van der Waals surface area contributed by atoms with Crippen LogP contribution in [0.4, 0.5) is 0 Å². The summed E-state index contributed by atoms with van der Waals surface area (Å²) in [5, 5.41) is 2.00. The van der Waals surface area contributed by atoms with Gasteiger partial charge in [0.25, 0.3) is 0 Å². The van der Waals surface area contributed by atoms with Crippen molar-refractivity contribution in [3.63, 3.8) is 0 Å². The standard InChI is InChI=1S/C26H25Cl2N3O2/c1-5-17-12-21(33-4)26(28)24(25(17)27)18-7-8-20-19(11-18)13-29-22(30-20)10-16-9-15(3)31(14-16)23(32)6-2/h6-8,11-13,16H,2-3,5,9-10,14H2,1,4H3/t16-/m1/s1. The van der Waals surface area contributed by atoms with Gasteiger partial charge in [-0.25, -0.2) is 9.97 Å². The molecule has 1 amide bonds. The van der Waals surface area contributed by atoms with Gasteiger partial charge in [-0.15, -0.1) is 0 Å². The zero-order chi connectivity index (χ0) is 23.7. The van der Waals surface area contributed by atoms with Crippen molar-refractivity contribution in [3.05, 3.63) is 76.8 Å². The van der Waals surface area contributed by atoms with Crippen LogP contribution >= 0.6 is 23.2 Å². The zero-order valence-corrected chi connectivity index (χ0v) is 20.2. The largest absolute Gasteiger partial charge is 0.495 e. The number of halogens is 2. The molecule has 1 aromatic heterocycles. The second-order valence-electron chi connectivity index (χ2n) is 8.15. The Kier molecular flexibility index (Phi) is 6.73. The maximum atomic E-state index is 12.0. The predicted octanol–water partition coefficient (Wildman–Crippen LogP) is 6.27. The number of carbonyl (C=O) groups is 1. The number of hydrogen-bond acceptors (Lipinski definition) is 4. The lowest BCUT2D eigenvalue weighted by atomic mass is 9.99. The van der Waals surface area contributed by atoms with E-state index in [0.717, 1.165) is 52.0 Å². The highest BCUT2D eigenvalue weighted by atomic mass is 35.5. The fraction of sp³-hybridized carbons (Fsp3) is 0.269. The average molecular weight is 482 g/mol. The normalized spacial score (nSPS) is 15.8. The highest BCUT2D eigenvalue weighted by Gasteiger charge is 2.29. The van der Waals surface area contributed by atoms with Crippen LogP contribution in [0.2, 0.25) is 10.0 Å². The highest BCUT2D eigenvalue weighted by Crippen LogP contribution is 2.43. The topological polar surface area (TPSA) is 55.3 Å². The monoisotopic (exact) mass is 481 g/mol. The van der Waals surface area contributed by atoms with E-state index in [2.05, 4.69) is 18.1 Å². The summed E-state index contributed by atoms with van der Waals surface area (Å²) in [6.45, 7) is 10.2. The molecular formula is C26H25Cl2N3O2. The van der Waals surface area contributed by atoms with Gasteiger partial charge in [0.1, 0.15) is 11.6 Å². The molecule has 0 aliphatic carbocycles. The fourth-order valence-corrected chi connectivity index (χ4v) is 5.07. The Morgan fingerprint density at radius 1 is 1.30 bits per heavy atom. The summed E-state index contributed by atoms with van der Waals surface area (Å²) < 4.78 is 5.46. The minimum Gasteiger partial charge on any atom is -0.495 e. The molecular weight excluding hydrogens is 457 g/mol. The van der Waals surface area contributed by atoms with Gasteiger partial charge >= 0.3 is 0 Å². The molecule has 7 heteroatoms. The molecule has 3 aromatic rings. The van der Waals surface area contributed by atoms with Crippen LogP contribution in [0.25, 0.3) is 22.0 Å². The van der Waals surface area contributed by atoms with Crippen LogP contribution in [0.15, 0.2) is 55.4 Å². The first kappa shape index (κ1) is 23.3. The summed E-state index contributed by atoms with van der Waals surface area (Å²) in [6.07, 6.45) is 5.32. The number of nitrogens with zero attached hydrogens (tertiary/aromatic N) is 3. The number of rotatable bonds is 6. The number of aromatic nitrogens is 2. The lowest BCUT2D eigenvalue weighted by molar-refractivity contribution is -0.123. The van der Waals surface area contributed by atoms with Crippen LogP contribution in [0.5, 0.6) is 5.75 Å². The third kappa shape index (κ3) is 4.48. The van der Waals surface area contributed by atoms with E-state index in [1.165, 1.54) is 6.08 Å². The first-order valence-corrected chi connectivity index (χ1v) is 11.5. The quantitative estimate of drug-likeness (QED) is 0.389. The van der Waals surface area contributed by atoms with Gasteiger partial charge in [-0.1, -0.05) is 49.3 Å². The molecule has 1 fully saturated rings. The van der Waals surface area contributed by atoms with E-state index in [-0.39, 0.29) is 11.8 Å². The summed E-state index contributed by atoms with van der Waals surface area (Å²) >= 11 is 13.3. The Bertz CT molecular complexity index is 1240. The minimum atomic E-state index is -0.115. The summed E-state index contributed by atoms with van der Waals surface area (Å²) in [7, 11) is 1.60. The van der Waals surface area contributed by atoms with Crippen molar-refractivity contribution in [1.29, 1.82) is 0 Å². The SMILES string of the molecule is C=CC(=O)N1C[C@@H](Cc2ncc3cc(-c4c(Cl)c(CC)cc(OC)c4Cl)ccc3n2)CC1=C. The van der Waals surface area contributed by atoms with Crippen LogP contribution in [-0.4, -0.2) is 34.4 Å². The number of methoxy groups -OCH3 is 1. The first-order valence-electron chi connectivity index (χ1n) is 10.8. The number of allylic oxidation sites excluding steroid dienone is 1. The zero-order valence-electron chi connectivity index (χ0n) is 18.7. The fourth-order valence-electron chi connectivity index (χ4n) is 4.30. The third-order valence-electron chi connectivity index (χ3n) is 6.02. The highest BCUT2D eigenvalue weighted by molar-refractivity contribution is 6.40. The van der Waals surface area contributed by atoms with Gasteiger partial charge in [-0.2, -0.15) is 0 Å². The number of likely N-dealkylation sites (tertiary alicyclic amines) is 1. The van der Waals surface area contributed by atoms with Gasteiger partial charge in [-0.3, -0.25) is 4.79 Å². The molecule has 5 nitrogen and oxygen atoms in total. The summed E-state index contributed by atoms with van der Waals surface area (Å²) in [5.74, 6) is 1.46. The van der Waals surface area contributed by atoms with Crippen molar-refractivity contribution in [2.24, 2.45) is 5.92 Å². The van der Waals surface area contributed by atoms with Crippen LogP contribution < -0.4 is 4.74 Å². The van der Waals surface area contributed by atoms with Crippen LogP contribution in [0, 0.1) is 5.92 Å². The van der Waals surface area contributed by atoms with Crippen LogP contribution in [0.3, 0.4) is 0 Å². The lowest BCUT2D eigenvalue weighted by Crippen LogP contribution is -2.25. The predicted molar refractivity (Wildman–Crippen MR) is 134 cm³/mol. The molecule has 2 aromatic carbocycles. The Morgan fingerprint density at radius 3 is 2.79 bits per heavy atom. The number of fused-ring (bicyclic) bond motifs is 1. The lowest BCUT2D eigenvalue weighted by Gasteiger charge is -2.15. The third-order valence-corrected chi connectivity index (χ3v) is 6.83. The van der Waals surface area contributed by atoms with E-state index in [1.807, 2.05) is 37.4 Å². The maximum absolute atomic E-state index is 12.0. The molecule has 0 saturated carbocycles. The molecule has 4 rings (SSSR count). The van der Waals surface area contributed by atoms with Crippen LogP contribution in [-0.2, 0) is 17.6 Å². The minimum absolute atomic E-state index is 0.115. The molecule has 1 atom stereocenters. The maximum Gasteiger partial charge on any atom is 0.250 e. The molecule has 2 heterocycles. The Balaban J connectivity index is 1.63. The molecule has 1 saturated heterocycles.